The molecule has 2 aromatic rings. The Kier molecular flexibility index (Phi) is 4.05. The van der Waals surface area contributed by atoms with E-state index in [0.29, 0.717) is 5.95 Å². The summed E-state index contributed by atoms with van der Waals surface area (Å²) in [4.78, 5) is 16.7. The smallest absolute Gasteiger partial charge is 0.220 e. The molecule has 0 amide bonds. The Balaban J connectivity index is 1.55. The second kappa shape index (κ2) is 6.22. The molecule has 2 N–H and O–H groups in total. The molecule has 0 atom stereocenters. The van der Waals surface area contributed by atoms with E-state index in [1.54, 1.807) is 11.8 Å². The number of nitrogen functional groups attached to an aromatic ring is 1. The van der Waals surface area contributed by atoms with E-state index >= 15 is 0 Å². The molecule has 2 aliphatic rings. The van der Waals surface area contributed by atoms with Gasteiger partial charge < -0.3 is 15.4 Å². The van der Waals surface area contributed by atoms with Crippen LogP contribution < -0.4 is 10.6 Å². The van der Waals surface area contributed by atoms with Crippen molar-refractivity contribution in [3.8, 4) is 0 Å². The molecule has 24 heavy (non-hydrogen) atoms. The van der Waals surface area contributed by atoms with E-state index in [1.165, 1.54) is 10.5 Å². The minimum Gasteiger partial charge on any atom is -0.368 e. The monoisotopic (exact) mass is 343 g/mol. The van der Waals surface area contributed by atoms with Crippen LogP contribution in [0.25, 0.3) is 0 Å². The highest BCUT2D eigenvalue weighted by molar-refractivity contribution is 7.98. The van der Waals surface area contributed by atoms with Crippen LogP contribution >= 0.6 is 11.8 Å². The lowest BCUT2D eigenvalue weighted by molar-refractivity contribution is -0.0801. The van der Waals surface area contributed by atoms with Gasteiger partial charge in [0.15, 0.2) is 0 Å². The van der Waals surface area contributed by atoms with E-state index in [1.807, 2.05) is 12.4 Å². The van der Waals surface area contributed by atoms with Gasteiger partial charge in [0, 0.05) is 30.4 Å². The molecular weight excluding hydrogens is 322 g/mol. The third-order valence-corrected chi connectivity index (χ3v) is 5.63. The summed E-state index contributed by atoms with van der Waals surface area (Å²) in [5, 5.41) is 0. The number of nitrogens with two attached hydrogens (primary N) is 1. The number of hydrogen-bond donors (Lipinski definition) is 1. The van der Waals surface area contributed by atoms with Crippen molar-refractivity contribution in [3.05, 3.63) is 35.8 Å². The van der Waals surface area contributed by atoms with Crippen molar-refractivity contribution in [3.63, 3.8) is 0 Å². The van der Waals surface area contributed by atoms with Crippen LogP contribution in [0.2, 0.25) is 0 Å². The first kappa shape index (κ1) is 15.7. The molecular formula is C17H21N5OS. The van der Waals surface area contributed by atoms with E-state index in [2.05, 4.69) is 38.2 Å². The molecule has 0 radical (unpaired) electrons. The molecule has 4 heterocycles. The van der Waals surface area contributed by atoms with Crippen molar-refractivity contribution in [2.75, 3.05) is 36.6 Å². The van der Waals surface area contributed by atoms with Gasteiger partial charge in [0.2, 0.25) is 5.95 Å². The number of fused-ring (bicyclic) bond motifs is 2. The fraction of sp³-hybridized carbons (Fsp3) is 0.471. The summed E-state index contributed by atoms with van der Waals surface area (Å²) >= 11 is 1.71. The summed E-state index contributed by atoms with van der Waals surface area (Å²) in [6, 6.07) is 4.22. The molecule has 4 rings (SSSR count). The van der Waals surface area contributed by atoms with Crippen molar-refractivity contribution in [2.45, 2.75) is 29.8 Å². The maximum atomic E-state index is 6.21. The number of nitrogens with zero attached hydrogens (tertiary/aromatic N) is 4. The standard InChI is InChI=1S/C17H21N5OS/c1-24-13-2-3-14(19-11-13)22-7-5-17(6-8-22)15-12(4-9-23-17)10-20-16(18)21-15/h2-3,10-11H,4-9H2,1H3,(H2,18,20,21). The molecule has 1 saturated heterocycles. The molecule has 0 bridgehead atoms. The van der Waals surface area contributed by atoms with Gasteiger partial charge in [-0.15, -0.1) is 11.8 Å². The van der Waals surface area contributed by atoms with Crippen LogP contribution in [0, 0.1) is 0 Å². The summed E-state index contributed by atoms with van der Waals surface area (Å²) in [5.41, 5.74) is 7.66. The molecule has 0 aromatic carbocycles. The molecule has 1 fully saturated rings. The average molecular weight is 343 g/mol. The average Bonchev–Trinajstić information content (AvgIpc) is 2.63. The van der Waals surface area contributed by atoms with E-state index in [-0.39, 0.29) is 5.60 Å². The van der Waals surface area contributed by atoms with Gasteiger partial charge in [-0.2, -0.15) is 0 Å². The van der Waals surface area contributed by atoms with Crippen molar-refractivity contribution < 1.29 is 4.74 Å². The van der Waals surface area contributed by atoms with Crippen LogP contribution in [-0.4, -0.2) is 40.9 Å². The van der Waals surface area contributed by atoms with Gasteiger partial charge in [-0.3, -0.25) is 0 Å². The van der Waals surface area contributed by atoms with Gasteiger partial charge in [-0.05, 0) is 43.2 Å². The predicted octanol–water partition coefficient (Wildman–Crippen LogP) is 2.24. The Morgan fingerprint density at radius 1 is 1.21 bits per heavy atom. The van der Waals surface area contributed by atoms with Crippen LogP contribution in [-0.2, 0) is 16.8 Å². The van der Waals surface area contributed by atoms with E-state index < -0.39 is 0 Å². The highest BCUT2D eigenvalue weighted by Crippen LogP contribution is 2.41. The fourth-order valence-corrected chi connectivity index (χ4v) is 3.94. The number of hydrogen-bond acceptors (Lipinski definition) is 7. The molecule has 126 valence electrons. The SMILES string of the molecule is CSc1ccc(N2CCC3(CC2)OCCc2cnc(N)nc23)nc1. The highest BCUT2D eigenvalue weighted by atomic mass is 32.2. The number of rotatable bonds is 2. The van der Waals surface area contributed by atoms with Crippen molar-refractivity contribution in [1.82, 2.24) is 15.0 Å². The zero-order valence-corrected chi connectivity index (χ0v) is 14.6. The summed E-state index contributed by atoms with van der Waals surface area (Å²) in [7, 11) is 0. The largest absolute Gasteiger partial charge is 0.368 e. The second-order valence-corrected chi connectivity index (χ2v) is 7.12. The van der Waals surface area contributed by atoms with Crippen LogP contribution in [0.3, 0.4) is 0 Å². The predicted molar refractivity (Wildman–Crippen MR) is 95.2 cm³/mol. The number of ether oxygens (including phenoxy) is 1. The topological polar surface area (TPSA) is 77.2 Å². The van der Waals surface area contributed by atoms with Gasteiger partial charge >= 0.3 is 0 Å². The van der Waals surface area contributed by atoms with E-state index in [0.717, 1.165) is 50.5 Å². The molecule has 0 saturated carbocycles. The first-order chi connectivity index (χ1) is 11.7. The van der Waals surface area contributed by atoms with Crippen molar-refractivity contribution >= 4 is 23.5 Å². The van der Waals surface area contributed by atoms with E-state index in [4.69, 9.17) is 10.5 Å². The first-order valence-corrected chi connectivity index (χ1v) is 9.43. The Morgan fingerprint density at radius 2 is 2.04 bits per heavy atom. The van der Waals surface area contributed by atoms with Gasteiger partial charge in [-0.25, -0.2) is 15.0 Å². The van der Waals surface area contributed by atoms with Gasteiger partial charge in [0.1, 0.15) is 11.4 Å². The second-order valence-electron chi connectivity index (χ2n) is 6.24. The van der Waals surface area contributed by atoms with Crippen LogP contribution in [0.1, 0.15) is 24.1 Å². The lowest BCUT2D eigenvalue weighted by atomic mass is 9.83. The van der Waals surface area contributed by atoms with Crippen LogP contribution in [0.15, 0.2) is 29.4 Å². The highest BCUT2D eigenvalue weighted by Gasteiger charge is 2.42. The summed E-state index contributed by atoms with van der Waals surface area (Å²) in [6.07, 6.45) is 8.50. The quantitative estimate of drug-likeness (QED) is 0.838. The van der Waals surface area contributed by atoms with Gasteiger partial charge in [0.25, 0.3) is 0 Å². The molecule has 0 unspecified atom stereocenters. The minimum atomic E-state index is -0.319. The lowest BCUT2D eigenvalue weighted by Crippen LogP contribution is -2.47. The number of piperidine rings is 1. The Labute approximate surface area is 145 Å². The molecule has 0 aliphatic carbocycles. The molecule has 7 heteroatoms. The number of pyridine rings is 1. The lowest BCUT2D eigenvalue weighted by Gasteiger charge is -2.44. The molecule has 6 nitrogen and oxygen atoms in total. The number of anilines is 2. The summed E-state index contributed by atoms with van der Waals surface area (Å²) < 4.78 is 6.21. The normalized spacial score (nSPS) is 19.3. The van der Waals surface area contributed by atoms with Crippen molar-refractivity contribution in [1.29, 1.82) is 0 Å². The van der Waals surface area contributed by atoms with Gasteiger partial charge in [0.05, 0.1) is 12.3 Å². The zero-order valence-electron chi connectivity index (χ0n) is 13.7. The molecule has 2 aliphatic heterocycles. The number of thioether (sulfide) groups is 1. The Bertz CT molecular complexity index is 728. The number of aromatic nitrogens is 3. The third-order valence-electron chi connectivity index (χ3n) is 4.92. The maximum Gasteiger partial charge on any atom is 0.220 e. The third kappa shape index (κ3) is 2.71. The molecule has 2 aromatic heterocycles. The summed E-state index contributed by atoms with van der Waals surface area (Å²) in [5.74, 6) is 1.36. The van der Waals surface area contributed by atoms with Crippen LogP contribution in [0.5, 0.6) is 0 Å². The van der Waals surface area contributed by atoms with Crippen LogP contribution in [0.4, 0.5) is 11.8 Å². The van der Waals surface area contributed by atoms with E-state index in [9.17, 15) is 0 Å². The first-order valence-electron chi connectivity index (χ1n) is 8.21. The fourth-order valence-electron chi connectivity index (χ4n) is 3.58. The maximum absolute atomic E-state index is 6.21. The van der Waals surface area contributed by atoms with Crippen molar-refractivity contribution in [2.24, 2.45) is 0 Å². The Morgan fingerprint density at radius 3 is 2.75 bits per heavy atom. The van der Waals surface area contributed by atoms with Gasteiger partial charge in [-0.1, -0.05) is 0 Å². The Hall–Kier alpha value is -1.86. The molecule has 1 spiro atoms. The zero-order chi connectivity index (χ0) is 16.6. The minimum absolute atomic E-state index is 0.319. The summed E-state index contributed by atoms with van der Waals surface area (Å²) in [6.45, 7) is 2.52.